The highest BCUT2D eigenvalue weighted by Crippen LogP contribution is 2.21. The number of halogens is 1. The maximum Gasteiger partial charge on any atom is 0.307 e. The van der Waals surface area contributed by atoms with Gasteiger partial charge in [-0.15, -0.1) is 11.8 Å². The molecule has 0 aliphatic heterocycles. The molecule has 6 heteroatoms. The highest BCUT2D eigenvalue weighted by Gasteiger charge is 2.19. The van der Waals surface area contributed by atoms with Gasteiger partial charge in [-0.3, -0.25) is 9.59 Å². The zero-order valence-electron chi connectivity index (χ0n) is 16.2. The monoisotopic (exact) mass is 419 g/mol. The second kappa shape index (κ2) is 11.8. The van der Waals surface area contributed by atoms with Gasteiger partial charge in [-0.1, -0.05) is 41.9 Å². The van der Waals surface area contributed by atoms with Crippen molar-refractivity contribution in [3.63, 3.8) is 0 Å². The van der Waals surface area contributed by atoms with Crippen molar-refractivity contribution in [1.29, 1.82) is 0 Å². The molecule has 0 aromatic heterocycles. The quantitative estimate of drug-likeness (QED) is 0.440. The van der Waals surface area contributed by atoms with Crippen molar-refractivity contribution in [2.75, 3.05) is 5.75 Å². The van der Waals surface area contributed by atoms with Crippen molar-refractivity contribution in [3.8, 4) is 0 Å². The van der Waals surface area contributed by atoms with Gasteiger partial charge in [0, 0.05) is 21.7 Å². The summed E-state index contributed by atoms with van der Waals surface area (Å²) in [7, 11) is 0. The first-order valence-electron chi connectivity index (χ1n) is 9.36. The Labute approximate surface area is 176 Å². The highest BCUT2D eigenvalue weighted by atomic mass is 35.5. The molecule has 2 rings (SSSR count). The van der Waals surface area contributed by atoms with Crippen molar-refractivity contribution in [3.05, 3.63) is 65.2 Å². The van der Waals surface area contributed by atoms with Crippen molar-refractivity contribution in [1.82, 2.24) is 5.32 Å². The predicted molar refractivity (Wildman–Crippen MR) is 115 cm³/mol. The number of amides is 1. The van der Waals surface area contributed by atoms with Crippen LogP contribution in [0.25, 0.3) is 0 Å². The molecule has 0 aliphatic rings. The number of rotatable bonds is 10. The summed E-state index contributed by atoms with van der Waals surface area (Å²) in [6, 6.07) is 17.6. The number of carbonyl (C=O) groups excluding carboxylic acids is 2. The minimum atomic E-state index is -0.799. The van der Waals surface area contributed by atoms with E-state index in [9.17, 15) is 9.59 Å². The maximum atomic E-state index is 12.2. The summed E-state index contributed by atoms with van der Waals surface area (Å²) >= 11 is 7.40. The van der Waals surface area contributed by atoms with Gasteiger partial charge in [-0.2, -0.15) is 0 Å². The van der Waals surface area contributed by atoms with Gasteiger partial charge < -0.3 is 10.1 Å². The second-order valence-electron chi connectivity index (χ2n) is 6.62. The third-order valence-electron chi connectivity index (χ3n) is 4.16. The molecule has 0 saturated carbocycles. The van der Waals surface area contributed by atoms with E-state index in [-0.39, 0.29) is 24.3 Å². The highest BCUT2D eigenvalue weighted by molar-refractivity contribution is 7.99. The van der Waals surface area contributed by atoms with Gasteiger partial charge in [0.15, 0.2) is 6.10 Å². The fourth-order valence-corrected chi connectivity index (χ4v) is 3.51. The summed E-state index contributed by atoms with van der Waals surface area (Å²) in [5.41, 5.74) is 1.24. The molecule has 1 N–H and O–H groups in total. The normalized spacial score (nSPS) is 12.8. The number of benzene rings is 2. The third kappa shape index (κ3) is 8.36. The van der Waals surface area contributed by atoms with Gasteiger partial charge in [0.2, 0.25) is 0 Å². The van der Waals surface area contributed by atoms with E-state index in [1.807, 2.05) is 49.4 Å². The number of hydrogen-bond donors (Lipinski definition) is 1. The molecular formula is C22H26ClNO3S. The maximum absolute atomic E-state index is 12.2. The molecule has 2 aromatic carbocycles. The first-order valence-corrected chi connectivity index (χ1v) is 10.7. The topological polar surface area (TPSA) is 55.4 Å². The zero-order valence-corrected chi connectivity index (χ0v) is 17.8. The van der Waals surface area contributed by atoms with Crippen molar-refractivity contribution in [2.24, 2.45) is 0 Å². The molecule has 4 nitrogen and oxygen atoms in total. The lowest BCUT2D eigenvalue weighted by atomic mass is 10.1. The molecule has 1 amide bonds. The first-order chi connectivity index (χ1) is 13.4. The van der Waals surface area contributed by atoms with Crippen LogP contribution in [0.15, 0.2) is 59.5 Å². The minimum Gasteiger partial charge on any atom is -0.453 e. The number of carbonyl (C=O) groups is 2. The lowest BCUT2D eigenvalue weighted by molar-refractivity contribution is -0.154. The summed E-state index contributed by atoms with van der Waals surface area (Å²) in [5, 5.41) is 3.59. The summed E-state index contributed by atoms with van der Waals surface area (Å²) < 4.78 is 5.25. The van der Waals surface area contributed by atoms with Crippen molar-refractivity contribution in [2.45, 2.75) is 50.2 Å². The van der Waals surface area contributed by atoms with Crippen LogP contribution in [0.4, 0.5) is 0 Å². The third-order valence-corrected chi connectivity index (χ3v) is 5.43. The van der Waals surface area contributed by atoms with E-state index in [0.717, 1.165) is 17.7 Å². The number of thioether (sulfide) groups is 1. The minimum absolute atomic E-state index is 0.00863. The average Bonchev–Trinajstić information content (AvgIpc) is 2.68. The van der Waals surface area contributed by atoms with Crippen molar-refractivity contribution < 1.29 is 14.3 Å². The van der Waals surface area contributed by atoms with Gasteiger partial charge in [0.1, 0.15) is 0 Å². The SMILES string of the molecule is C[C@H](CCc1ccccc1)NC(=O)[C@@H](C)OC(=O)CCSc1ccc(Cl)cc1. The molecule has 0 heterocycles. The van der Waals surface area contributed by atoms with Crippen LogP contribution in [-0.2, 0) is 20.7 Å². The Morgan fingerprint density at radius 2 is 1.75 bits per heavy atom. The molecule has 0 fully saturated rings. The Balaban J connectivity index is 1.64. The summed E-state index contributed by atoms with van der Waals surface area (Å²) in [4.78, 5) is 25.2. The van der Waals surface area contributed by atoms with Gasteiger partial charge >= 0.3 is 5.97 Å². The first kappa shape index (κ1) is 22.3. The Kier molecular flexibility index (Phi) is 9.38. The molecular weight excluding hydrogens is 394 g/mol. The Hall–Kier alpha value is -1.98. The Morgan fingerprint density at radius 3 is 2.43 bits per heavy atom. The number of nitrogens with one attached hydrogen (secondary N) is 1. The number of esters is 1. The molecule has 150 valence electrons. The van der Waals surface area contributed by atoms with E-state index < -0.39 is 6.10 Å². The summed E-state index contributed by atoms with van der Waals surface area (Å²) in [6.07, 6.45) is 1.16. The van der Waals surface area contributed by atoms with Crippen molar-refractivity contribution >= 4 is 35.2 Å². The van der Waals surface area contributed by atoms with E-state index in [2.05, 4.69) is 17.4 Å². The molecule has 0 saturated heterocycles. The van der Waals surface area contributed by atoms with E-state index in [1.54, 1.807) is 18.7 Å². The molecule has 0 spiro atoms. The number of hydrogen-bond acceptors (Lipinski definition) is 4. The van der Waals surface area contributed by atoms with Gasteiger partial charge in [0.05, 0.1) is 6.42 Å². The molecule has 0 bridgehead atoms. The Bertz CT molecular complexity index is 752. The van der Waals surface area contributed by atoms with Gasteiger partial charge in [-0.05, 0) is 56.5 Å². The van der Waals surface area contributed by atoms with Crippen LogP contribution in [-0.4, -0.2) is 29.8 Å². The van der Waals surface area contributed by atoms with Crippen LogP contribution in [0.3, 0.4) is 0 Å². The second-order valence-corrected chi connectivity index (χ2v) is 8.22. The van der Waals surface area contributed by atoms with Crippen LogP contribution in [0.5, 0.6) is 0 Å². The largest absolute Gasteiger partial charge is 0.453 e. The lowest BCUT2D eigenvalue weighted by Crippen LogP contribution is -2.41. The van der Waals surface area contributed by atoms with E-state index in [1.165, 1.54) is 5.56 Å². The molecule has 2 aromatic rings. The van der Waals surface area contributed by atoms with E-state index >= 15 is 0 Å². The van der Waals surface area contributed by atoms with Crippen LogP contribution in [0, 0.1) is 0 Å². The van der Waals surface area contributed by atoms with Gasteiger partial charge in [-0.25, -0.2) is 0 Å². The summed E-state index contributed by atoms with van der Waals surface area (Å²) in [5.74, 6) is -0.0530. The Morgan fingerprint density at radius 1 is 1.07 bits per heavy atom. The average molecular weight is 420 g/mol. The lowest BCUT2D eigenvalue weighted by Gasteiger charge is -2.18. The van der Waals surface area contributed by atoms with E-state index in [0.29, 0.717) is 10.8 Å². The van der Waals surface area contributed by atoms with Gasteiger partial charge in [0.25, 0.3) is 5.91 Å². The molecule has 0 aliphatic carbocycles. The molecule has 0 radical (unpaired) electrons. The fraction of sp³-hybridized carbons (Fsp3) is 0.364. The molecule has 28 heavy (non-hydrogen) atoms. The number of aryl methyl sites for hydroxylation is 1. The predicted octanol–water partition coefficient (Wildman–Crippen LogP) is 4.89. The fourth-order valence-electron chi connectivity index (χ4n) is 2.55. The van der Waals surface area contributed by atoms with Crippen LogP contribution >= 0.6 is 23.4 Å². The van der Waals surface area contributed by atoms with Crippen LogP contribution < -0.4 is 5.32 Å². The van der Waals surface area contributed by atoms with Crippen LogP contribution in [0.2, 0.25) is 5.02 Å². The zero-order chi connectivity index (χ0) is 20.4. The molecule has 0 unspecified atom stereocenters. The van der Waals surface area contributed by atoms with Crippen LogP contribution in [0.1, 0.15) is 32.3 Å². The van der Waals surface area contributed by atoms with E-state index in [4.69, 9.17) is 16.3 Å². The summed E-state index contributed by atoms with van der Waals surface area (Å²) in [6.45, 7) is 3.56. The standard InChI is InChI=1S/C22H26ClNO3S/c1-16(8-9-18-6-4-3-5-7-18)24-22(26)17(2)27-21(25)14-15-28-20-12-10-19(23)11-13-20/h3-7,10-13,16-17H,8-9,14-15H2,1-2H3,(H,24,26)/t16-,17-/m1/s1. The number of ether oxygens (including phenoxy) is 1. The molecule has 2 atom stereocenters. The smallest absolute Gasteiger partial charge is 0.307 e.